The first-order chi connectivity index (χ1) is 22.3. The van der Waals surface area contributed by atoms with Crippen LogP contribution < -0.4 is 0 Å². The third-order valence-corrected chi connectivity index (χ3v) is 9.37. The maximum atomic E-state index is 6.00. The van der Waals surface area contributed by atoms with Crippen molar-refractivity contribution in [3.8, 4) is 0 Å². The Hall–Kier alpha value is -0.610. The normalized spacial score (nSPS) is 11.8. The number of ether oxygens (including phenoxy) is 2. The van der Waals surface area contributed by atoms with Crippen molar-refractivity contribution in [1.29, 1.82) is 0 Å². The zero-order valence-corrected chi connectivity index (χ0v) is 31.3. The van der Waals surface area contributed by atoms with E-state index < -0.39 is 0 Å². The summed E-state index contributed by atoms with van der Waals surface area (Å²) in [5.41, 5.74) is 0. The maximum absolute atomic E-state index is 6.00. The molecule has 0 aromatic carbocycles. The van der Waals surface area contributed by atoms with Crippen molar-refractivity contribution in [2.45, 2.75) is 232 Å². The Labute approximate surface area is 284 Å². The van der Waals surface area contributed by atoms with Crippen LogP contribution in [0.4, 0.5) is 0 Å². The second-order valence-electron chi connectivity index (χ2n) is 13.9. The van der Waals surface area contributed by atoms with E-state index in [1.807, 2.05) is 6.21 Å². The lowest BCUT2D eigenvalue weighted by molar-refractivity contribution is 0.0426. The van der Waals surface area contributed by atoms with Crippen LogP contribution >= 0.6 is 0 Å². The second-order valence-corrected chi connectivity index (χ2v) is 13.9. The highest BCUT2D eigenvalue weighted by molar-refractivity contribution is 5.56. The molecule has 45 heavy (non-hydrogen) atoms. The van der Waals surface area contributed by atoms with Crippen LogP contribution in [0.5, 0.6) is 0 Å². The molecule has 0 atom stereocenters. The highest BCUT2D eigenvalue weighted by atomic mass is 16.6. The van der Waals surface area contributed by atoms with Gasteiger partial charge in [0.2, 0.25) is 0 Å². The summed E-state index contributed by atoms with van der Waals surface area (Å²) in [7, 11) is 1.70. The minimum Gasteiger partial charge on any atom is -0.393 e. The van der Waals surface area contributed by atoms with E-state index in [1.54, 1.807) is 7.11 Å². The summed E-state index contributed by atoms with van der Waals surface area (Å²) in [6, 6.07) is 0. The molecule has 0 unspecified atom stereocenters. The Bertz CT molecular complexity index is 507. The fourth-order valence-electron chi connectivity index (χ4n) is 6.30. The lowest BCUT2D eigenvalue weighted by atomic mass is 10.0. The number of rotatable bonds is 40. The van der Waals surface area contributed by atoms with E-state index in [4.69, 9.17) is 14.3 Å². The Morgan fingerprint density at radius 2 is 0.756 bits per heavy atom. The quantitative estimate of drug-likeness (QED) is 0.0381. The van der Waals surface area contributed by atoms with Crippen LogP contribution in [0.1, 0.15) is 226 Å². The average Bonchev–Trinajstić information content (AvgIpc) is 3.05. The summed E-state index contributed by atoms with van der Waals surface area (Å²) >= 11 is 0. The summed E-state index contributed by atoms with van der Waals surface area (Å²) in [6.07, 6.45) is 47.7. The first kappa shape index (κ1) is 44.4. The largest absolute Gasteiger partial charge is 0.393 e. The molecular formula is C41H83NO3. The SMILES string of the molecule is CCCCCCCCCCCCCCCCCC(CCCCCCCCCCCCCCCCC)O/N=C\CCOCCOC. The van der Waals surface area contributed by atoms with Gasteiger partial charge in [0.05, 0.1) is 19.8 Å². The molecule has 0 amide bonds. The minimum absolute atomic E-state index is 0.277. The molecule has 0 N–H and O–H groups in total. The van der Waals surface area contributed by atoms with Crippen LogP contribution in [-0.2, 0) is 14.3 Å². The Kier molecular flexibility index (Phi) is 40.9. The molecule has 0 aliphatic carbocycles. The van der Waals surface area contributed by atoms with Gasteiger partial charge in [-0.3, -0.25) is 0 Å². The van der Waals surface area contributed by atoms with Gasteiger partial charge in [-0.2, -0.15) is 0 Å². The molecule has 0 aromatic rings. The molecule has 4 heteroatoms. The van der Waals surface area contributed by atoms with Crippen LogP contribution in [0, 0.1) is 0 Å². The number of hydrogen-bond donors (Lipinski definition) is 0. The van der Waals surface area contributed by atoms with E-state index in [0.717, 1.165) is 19.3 Å². The van der Waals surface area contributed by atoms with Crippen molar-refractivity contribution in [3.05, 3.63) is 0 Å². The molecule has 0 saturated carbocycles. The predicted molar refractivity (Wildman–Crippen MR) is 200 cm³/mol. The van der Waals surface area contributed by atoms with Crippen LogP contribution in [0.25, 0.3) is 0 Å². The first-order valence-corrected chi connectivity index (χ1v) is 20.6. The molecule has 270 valence electrons. The average molecular weight is 638 g/mol. The van der Waals surface area contributed by atoms with Crippen molar-refractivity contribution in [2.75, 3.05) is 26.9 Å². The van der Waals surface area contributed by atoms with Gasteiger partial charge >= 0.3 is 0 Å². The molecule has 0 heterocycles. The Morgan fingerprint density at radius 1 is 0.422 bits per heavy atom. The standard InChI is InChI=1S/C41H83NO3/c1-4-6-8-10-12-14-16-18-20-22-24-26-28-30-32-35-41(45-42-37-34-38-44-40-39-43-3)36-33-31-29-27-25-23-21-19-17-15-13-11-9-7-5-2/h37,41H,4-36,38-40H2,1-3H3/b42-37-. The van der Waals surface area contributed by atoms with Gasteiger partial charge in [0, 0.05) is 19.7 Å². The van der Waals surface area contributed by atoms with E-state index in [-0.39, 0.29) is 6.10 Å². The van der Waals surface area contributed by atoms with Gasteiger partial charge in [-0.05, 0) is 25.7 Å². The van der Waals surface area contributed by atoms with Crippen LogP contribution in [0.2, 0.25) is 0 Å². The fourth-order valence-corrected chi connectivity index (χ4v) is 6.30. The van der Waals surface area contributed by atoms with Gasteiger partial charge in [-0.25, -0.2) is 0 Å². The number of unbranched alkanes of at least 4 members (excludes halogenated alkanes) is 28. The van der Waals surface area contributed by atoms with Crippen molar-refractivity contribution in [3.63, 3.8) is 0 Å². The van der Waals surface area contributed by atoms with Crippen LogP contribution in [0.15, 0.2) is 5.16 Å². The molecular weight excluding hydrogens is 554 g/mol. The monoisotopic (exact) mass is 638 g/mol. The molecule has 0 rings (SSSR count). The van der Waals surface area contributed by atoms with Gasteiger partial charge in [0.1, 0.15) is 6.10 Å². The third-order valence-electron chi connectivity index (χ3n) is 9.37. The highest BCUT2D eigenvalue weighted by Gasteiger charge is 2.09. The lowest BCUT2D eigenvalue weighted by Gasteiger charge is -2.15. The van der Waals surface area contributed by atoms with Gasteiger partial charge in [0.15, 0.2) is 0 Å². The maximum Gasteiger partial charge on any atom is 0.127 e. The number of hydrogen-bond acceptors (Lipinski definition) is 4. The summed E-state index contributed by atoms with van der Waals surface area (Å²) in [4.78, 5) is 6.00. The van der Waals surface area contributed by atoms with Crippen molar-refractivity contribution in [2.24, 2.45) is 5.16 Å². The van der Waals surface area contributed by atoms with E-state index in [2.05, 4.69) is 19.0 Å². The zero-order valence-electron chi connectivity index (χ0n) is 31.3. The number of methoxy groups -OCH3 is 1. The molecule has 0 aromatic heterocycles. The molecule has 0 spiro atoms. The molecule has 0 bridgehead atoms. The minimum atomic E-state index is 0.277. The van der Waals surface area contributed by atoms with Crippen LogP contribution in [0.3, 0.4) is 0 Å². The predicted octanol–water partition coefficient (Wildman–Crippen LogP) is 13.9. The summed E-state index contributed by atoms with van der Waals surface area (Å²) in [5.74, 6) is 0. The smallest absolute Gasteiger partial charge is 0.127 e. The summed E-state index contributed by atoms with van der Waals surface area (Å²) in [6.45, 7) is 6.57. The van der Waals surface area contributed by atoms with E-state index in [0.29, 0.717) is 19.8 Å². The topological polar surface area (TPSA) is 40.0 Å². The Morgan fingerprint density at radius 3 is 1.09 bits per heavy atom. The van der Waals surface area contributed by atoms with Gasteiger partial charge in [-0.1, -0.05) is 199 Å². The van der Waals surface area contributed by atoms with Gasteiger partial charge < -0.3 is 14.3 Å². The van der Waals surface area contributed by atoms with Crippen LogP contribution in [-0.4, -0.2) is 39.2 Å². The zero-order chi connectivity index (χ0) is 32.6. The summed E-state index contributed by atoms with van der Waals surface area (Å²) in [5, 5.41) is 4.33. The fraction of sp³-hybridized carbons (Fsp3) is 0.976. The second kappa shape index (κ2) is 41.4. The molecule has 0 radical (unpaired) electrons. The van der Waals surface area contributed by atoms with Gasteiger partial charge in [0.25, 0.3) is 0 Å². The lowest BCUT2D eigenvalue weighted by Crippen LogP contribution is -2.10. The number of nitrogens with zero attached hydrogens (tertiary/aromatic N) is 1. The van der Waals surface area contributed by atoms with Crippen molar-refractivity contribution >= 4 is 6.21 Å². The molecule has 0 aliphatic rings. The molecule has 0 fully saturated rings. The van der Waals surface area contributed by atoms with E-state index >= 15 is 0 Å². The highest BCUT2D eigenvalue weighted by Crippen LogP contribution is 2.19. The Balaban J connectivity index is 3.86. The number of oxime groups is 1. The summed E-state index contributed by atoms with van der Waals surface area (Å²) < 4.78 is 10.6. The van der Waals surface area contributed by atoms with E-state index in [1.165, 1.54) is 193 Å². The van der Waals surface area contributed by atoms with Gasteiger partial charge in [-0.15, -0.1) is 0 Å². The first-order valence-electron chi connectivity index (χ1n) is 20.6. The molecule has 4 nitrogen and oxygen atoms in total. The van der Waals surface area contributed by atoms with Crippen molar-refractivity contribution < 1.29 is 14.3 Å². The molecule has 0 saturated heterocycles. The molecule has 0 aliphatic heterocycles. The van der Waals surface area contributed by atoms with Crippen molar-refractivity contribution in [1.82, 2.24) is 0 Å². The van der Waals surface area contributed by atoms with E-state index in [9.17, 15) is 0 Å². The third kappa shape index (κ3) is 39.5.